The zero-order valence-electron chi connectivity index (χ0n) is 6.00. The maximum Gasteiger partial charge on any atom is 0.0520 e. The maximum atomic E-state index is 8.00. The zero-order valence-corrected chi connectivity index (χ0v) is 6.00. The lowest BCUT2D eigenvalue weighted by Crippen LogP contribution is -2.41. The average Bonchev–Trinajstić information content (AvgIpc) is 1.64. The minimum absolute atomic E-state index is 0.150. The van der Waals surface area contributed by atoms with E-state index in [1.807, 2.05) is 13.8 Å². The Morgan fingerprint density at radius 2 is 2.11 bits per heavy atom. The molecule has 0 saturated heterocycles. The van der Waals surface area contributed by atoms with E-state index in [1.165, 1.54) is 0 Å². The fraction of sp³-hybridized carbons (Fsp3) is 1.00. The van der Waals surface area contributed by atoms with E-state index < -0.39 is 5.54 Å². The van der Waals surface area contributed by atoms with Gasteiger partial charge in [-0.15, -0.1) is 0 Å². The maximum absolute atomic E-state index is 8.00. The lowest BCUT2D eigenvalue weighted by molar-refractivity contribution is 0.432. The van der Waals surface area contributed by atoms with E-state index in [1.54, 1.807) is 6.92 Å². The van der Waals surface area contributed by atoms with E-state index in [2.05, 4.69) is 10.0 Å². The first-order valence-electron chi connectivity index (χ1n) is 2.81. The highest BCUT2D eigenvalue weighted by Crippen LogP contribution is 2.07. The molecule has 4 nitrogen and oxygen atoms in total. The molecular formula is C5H12N4. The van der Waals surface area contributed by atoms with Crippen LogP contribution >= 0.6 is 0 Å². The molecule has 0 aromatic heterocycles. The largest absolute Gasteiger partial charge is 0.325 e. The minimum atomic E-state index is -0.410. The van der Waals surface area contributed by atoms with Crippen molar-refractivity contribution in [3.05, 3.63) is 10.4 Å². The fourth-order valence-electron chi connectivity index (χ4n) is 0.226. The first kappa shape index (κ1) is 8.27. The average molecular weight is 128 g/mol. The van der Waals surface area contributed by atoms with Gasteiger partial charge in [0.15, 0.2) is 0 Å². The van der Waals surface area contributed by atoms with Gasteiger partial charge in [0.1, 0.15) is 0 Å². The fourth-order valence-corrected chi connectivity index (χ4v) is 0.226. The van der Waals surface area contributed by atoms with E-state index >= 15 is 0 Å². The van der Waals surface area contributed by atoms with Crippen LogP contribution < -0.4 is 5.73 Å². The molecule has 1 unspecified atom stereocenters. The van der Waals surface area contributed by atoms with E-state index in [0.29, 0.717) is 0 Å². The monoisotopic (exact) mass is 128 g/mol. The van der Waals surface area contributed by atoms with Crippen LogP contribution in [-0.2, 0) is 0 Å². The zero-order chi connectivity index (χ0) is 7.49. The van der Waals surface area contributed by atoms with Crippen LogP contribution in [0, 0.1) is 0 Å². The van der Waals surface area contributed by atoms with Crippen molar-refractivity contribution >= 4 is 0 Å². The first-order chi connectivity index (χ1) is 3.98. The van der Waals surface area contributed by atoms with Crippen LogP contribution in [-0.4, -0.2) is 11.6 Å². The summed E-state index contributed by atoms with van der Waals surface area (Å²) in [5.74, 6) is 0. The van der Waals surface area contributed by atoms with Gasteiger partial charge in [0.05, 0.1) is 6.04 Å². The van der Waals surface area contributed by atoms with Gasteiger partial charge in [-0.05, 0) is 19.4 Å². The molecule has 0 bridgehead atoms. The van der Waals surface area contributed by atoms with Crippen molar-refractivity contribution in [3.63, 3.8) is 0 Å². The van der Waals surface area contributed by atoms with Gasteiger partial charge in [0, 0.05) is 10.5 Å². The van der Waals surface area contributed by atoms with Crippen molar-refractivity contribution in [2.24, 2.45) is 10.8 Å². The molecule has 4 heteroatoms. The predicted octanol–water partition coefficient (Wildman–Crippen LogP) is 1.42. The predicted molar refractivity (Wildman–Crippen MR) is 36.9 cm³/mol. The third-order valence-electron chi connectivity index (χ3n) is 1.30. The Balaban J connectivity index is 4.03. The molecule has 0 aromatic rings. The lowest BCUT2D eigenvalue weighted by Gasteiger charge is -2.22. The van der Waals surface area contributed by atoms with Gasteiger partial charge < -0.3 is 5.73 Å². The van der Waals surface area contributed by atoms with Crippen molar-refractivity contribution in [2.75, 3.05) is 0 Å². The SMILES string of the molecule is CC(N=[N+]=[N-])C(C)(C)N. The number of hydrogen-bond acceptors (Lipinski definition) is 2. The van der Waals surface area contributed by atoms with Crippen molar-refractivity contribution in [1.82, 2.24) is 0 Å². The van der Waals surface area contributed by atoms with Crippen molar-refractivity contribution in [3.8, 4) is 0 Å². The van der Waals surface area contributed by atoms with E-state index in [4.69, 9.17) is 11.3 Å². The minimum Gasteiger partial charge on any atom is -0.325 e. The first-order valence-corrected chi connectivity index (χ1v) is 2.81. The Labute approximate surface area is 54.7 Å². The van der Waals surface area contributed by atoms with Crippen LogP contribution in [0.15, 0.2) is 5.11 Å². The molecule has 0 heterocycles. The number of nitrogens with zero attached hydrogens (tertiary/aromatic N) is 3. The third-order valence-corrected chi connectivity index (χ3v) is 1.30. The molecule has 2 N–H and O–H groups in total. The van der Waals surface area contributed by atoms with Gasteiger partial charge >= 0.3 is 0 Å². The molecule has 0 spiro atoms. The molecule has 0 aliphatic carbocycles. The molecule has 0 amide bonds. The van der Waals surface area contributed by atoms with Crippen LogP contribution in [0.3, 0.4) is 0 Å². The summed E-state index contributed by atoms with van der Waals surface area (Å²) < 4.78 is 0. The van der Waals surface area contributed by atoms with Gasteiger partial charge in [0.2, 0.25) is 0 Å². The lowest BCUT2D eigenvalue weighted by atomic mass is 9.99. The smallest absolute Gasteiger partial charge is 0.0520 e. The van der Waals surface area contributed by atoms with E-state index in [9.17, 15) is 0 Å². The molecule has 0 rings (SSSR count). The highest BCUT2D eigenvalue weighted by Gasteiger charge is 2.18. The highest BCUT2D eigenvalue weighted by molar-refractivity contribution is 4.84. The third kappa shape index (κ3) is 2.95. The summed E-state index contributed by atoms with van der Waals surface area (Å²) in [4.78, 5) is 2.65. The van der Waals surface area contributed by atoms with Crippen LogP contribution in [0.5, 0.6) is 0 Å². The summed E-state index contributed by atoms with van der Waals surface area (Å²) in [5.41, 5.74) is 13.2. The molecule has 1 atom stereocenters. The van der Waals surface area contributed by atoms with Crippen molar-refractivity contribution in [2.45, 2.75) is 32.4 Å². The Kier molecular flexibility index (Phi) is 2.49. The number of azide groups is 1. The molecule has 9 heavy (non-hydrogen) atoms. The number of rotatable bonds is 2. The Hall–Kier alpha value is -0.730. The van der Waals surface area contributed by atoms with Crippen LogP contribution in [0.2, 0.25) is 0 Å². The van der Waals surface area contributed by atoms with Crippen LogP contribution in [0.1, 0.15) is 20.8 Å². The molecular weight excluding hydrogens is 116 g/mol. The van der Waals surface area contributed by atoms with Crippen LogP contribution in [0.25, 0.3) is 10.4 Å². The quantitative estimate of drug-likeness (QED) is 0.341. The van der Waals surface area contributed by atoms with Gasteiger partial charge in [-0.1, -0.05) is 12.0 Å². The van der Waals surface area contributed by atoms with Gasteiger partial charge in [-0.2, -0.15) is 0 Å². The Morgan fingerprint density at radius 3 is 2.22 bits per heavy atom. The summed E-state index contributed by atoms with van der Waals surface area (Å²) >= 11 is 0. The summed E-state index contributed by atoms with van der Waals surface area (Å²) in [6, 6.07) is -0.150. The number of hydrogen-bond donors (Lipinski definition) is 1. The number of nitrogens with two attached hydrogens (primary N) is 1. The Morgan fingerprint density at radius 1 is 1.67 bits per heavy atom. The second kappa shape index (κ2) is 2.71. The molecule has 0 radical (unpaired) electrons. The van der Waals surface area contributed by atoms with Gasteiger partial charge in [-0.25, -0.2) is 0 Å². The Bertz CT molecular complexity index is 128. The standard InChI is InChI=1S/C5H12N4/c1-4(8-9-7)5(2,3)6/h4H,6H2,1-3H3. The molecule has 0 fully saturated rings. The van der Waals surface area contributed by atoms with Crippen molar-refractivity contribution in [1.29, 1.82) is 0 Å². The van der Waals surface area contributed by atoms with Crippen molar-refractivity contribution < 1.29 is 0 Å². The molecule has 0 aliphatic rings. The molecule has 52 valence electrons. The normalized spacial score (nSPS) is 14.2. The van der Waals surface area contributed by atoms with Gasteiger partial charge in [-0.3, -0.25) is 0 Å². The second-order valence-electron chi connectivity index (χ2n) is 2.70. The van der Waals surface area contributed by atoms with E-state index in [-0.39, 0.29) is 6.04 Å². The second-order valence-corrected chi connectivity index (χ2v) is 2.70. The highest BCUT2D eigenvalue weighted by atomic mass is 15.2. The van der Waals surface area contributed by atoms with E-state index in [0.717, 1.165) is 0 Å². The molecule has 0 aliphatic heterocycles. The van der Waals surface area contributed by atoms with Gasteiger partial charge in [0.25, 0.3) is 0 Å². The summed E-state index contributed by atoms with van der Waals surface area (Å²) in [6.45, 7) is 5.44. The summed E-state index contributed by atoms with van der Waals surface area (Å²) in [7, 11) is 0. The summed E-state index contributed by atoms with van der Waals surface area (Å²) in [6.07, 6.45) is 0. The molecule has 0 saturated carbocycles. The topological polar surface area (TPSA) is 74.8 Å². The van der Waals surface area contributed by atoms with Crippen LogP contribution in [0.4, 0.5) is 0 Å². The summed E-state index contributed by atoms with van der Waals surface area (Å²) in [5, 5.41) is 3.45. The molecule has 0 aromatic carbocycles.